The number of para-hydroxylation sites is 2. The van der Waals surface area contributed by atoms with Crippen molar-refractivity contribution in [1.82, 2.24) is 19.9 Å². The third kappa shape index (κ3) is 5.59. The predicted molar refractivity (Wildman–Crippen MR) is 233 cm³/mol. The molecule has 0 bridgehead atoms. The van der Waals surface area contributed by atoms with Gasteiger partial charge >= 0.3 is 0 Å². The van der Waals surface area contributed by atoms with Crippen LogP contribution in [0, 0.1) is 0 Å². The van der Waals surface area contributed by atoms with E-state index < -0.39 is 0 Å². The van der Waals surface area contributed by atoms with Crippen LogP contribution in [0.25, 0.3) is 45.3 Å². The minimum atomic E-state index is -0.0239. The van der Waals surface area contributed by atoms with Gasteiger partial charge < -0.3 is 0 Å². The minimum Gasteiger partial charge on any atom is -0.296 e. The summed E-state index contributed by atoms with van der Waals surface area (Å²) >= 11 is 0. The van der Waals surface area contributed by atoms with Gasteiger partial charge in [0.15, 0.2) is 11.6 Å². The lowest BCUT2D eigenvalue weighted by molar-refractivity contribution is 1.11. The summed E-state index contributed by atoms with van der Waals surface area (Å²) in [5, 5.41) is 0. The van der Waals surface area contributed by atoms with E-state index in [1.165, 1.54) is 16.4 Å². The van der Waals surface area contributed by atoms with Crippen LogP contribution in [0.3, 0.4) is 0 Å². The van der Waals surface area contributed by atoms with Crippen molar-refractivity contribution in [3.63, 3.8) is 0 Å². The Balaban J connectivity index is 1.17. The lowest BCUT2D eigenvalue weighted by Crippen LogP contribution is -2.61. The van der Waals surface area contributed by atoms with Crippen LogP contribution >= 0.6 is 0 Å². The number of anilines is 6. The molecule has 0 saturated carbocycles. The van der Waals surface area contributed by atoms with Crippen LogP contribution in [-0.2, 0) is 0 Å². The van der Waals surface area contributed by atoms with E-state index in [9.17, 15) is 0 Å². The average molecular weight is 729 g/mol. The molecule has 57 heavy (non-hydrogen) atoms. The Morgan fingerprint density at radius 2 is 0.667 bits per heavy atom. The first-order valence-corrected chi connectivity index (χ1v) is 19.2. The Morgan fingerprint density at radius 1 is 0.316 bits per heavy atom. The molecule has 0 N–H and O–H groups in total. The fourth-order valence-corrected chi connectivity index (χ4v) is 8.37. The molecule has 0 unspecified atom stereocenters. The third-order valence-electron chi connectivity index (χ3n) is 10.9. The summed E-state index contributed by atoms with van der Waals surface area (Å²) in [5.74, 6) is 2.94. The summed E-state index contributed by atoms with van der Waals surface area (Å²) in [6.45, 7) is -0.0239. The van der Waals surface area contributed by atoms with Crippen molar-refractivity contribution < 1.29 is 0 Å². The van der Waals surface area contributed by atoms with E-state index in [1.807, 2.05) is 48.5 Å². The van der Waals surface area contributed by atoms with Gasteiger partial charge in [0, 0.05) is 57.1 Å². The first kappa shape index (κ1) is 32.8. The van der Waals surface area contributed by atoms with Crippen molar-refractivity contribution >= 4 is 57.5 Å². The maximum atomic E-state index is 5.34. The van der Waals surface area contributed by atoms with Crippen molar-refractivity contribution in [2.75, 3.05) is 9.80 Å². The van der Waals surface area contributed by atoms with Crippen LogP contribution in [0.4, 0.5) is 34.4 Å². The zero-order valence-electron chi connectivity index (χ0n) is 30.8. The molecule has 7 aromatic carbocycles. The van der Waals surface area contributed by atoms with Gasteiger partial charge in [-0.3, -0.25) is 9.80 Å². The molecule has 0 atom stereocenters. The van der Waals surface area contributed by atoms with Crippen molar-refractivity contribution in [1.29, 1.82) is 0 Å². The highest BCUT2D eigenvalue weighted by Gasteiger charge is 2.43. The zero-order chi connectivity index (χ0) is 37.7. The Hall–Kier alpha value is -7.64. The number of hydrogen-bond acceptors (Lipinski definition) is 6. The highest BCUT2D eigenvalue weighted by atomic mass is 15.2. The van der Waals surface area contributed by atoms with E-state index >= 15 is 0 Å². The molecule has 266 valence electrons. The molecular formula is C50H33BN6. The predicted octanol–water partition coefficient (Wildman–Crippen LogP) is 10.0. The molecule has 2 aromatic heterocycles. The number of nitrogens with zero attached hydrogens (tertiary/aromatic N) is 6. The van der Waals surface area contributed by atoms with Gasteiger partial charge in [-0.15, -0.1) is 0 Å². The van der Waals surface area contributed by atoms with Gasteiger partial charge in [0.05, 0.1) is 11.4 Å². The van der Waals surface area contributed by atoms with Gasteiger partial charge in [-0.25, -0.2) is 19.9 Å². The Kier molecular flexibility index (Phi) is 7.81. The molecule has 0 amide bonds. The summed E-state index contributed by atoms with van der Waals surface area (Å²) in [7, 11) is 0. The zero-order valence-corrected chi connectivity index (χ0v) is 30.8. The molecule has 7 heteroatoms. The van der Waals surface area contributed by atoms with Crippen molar-refractivity contribution in [3.8, 4) is 45.3 Å². The monoisotopic (exact) mass is 728 g/mol. The number of aromatic nitrogens is 4. The van der Waals surface area contributed by atoms with Crippen LogP contribution in [0.5, 0.6) is 0 Å². The second-order valence-electron chi connectivity index (χ2n) is 14.3. The van der Waals surface area contributed by atoms with E-state index in [1.54, 1.807) is 0 Å². The smallest absolute Gasteiger partial charge is 0.252 e. The molecule has 2 aliphatic rings. The van der Waals surface area contributed by atoms with Crippen LogP contribution in [0.1, 0.15) is 0 Å². The van der Waals surface area contributed by atoms with Gasteiger partial charge in [-0.1, -0.05) is 164 Å². The summed E-state index contributed by atoms with van der Waals surface area (Å²) < 4.78 is 0. The third-order valence-corrected chi connectivity index (χ3v) is 10.9. The molecule has 0 radical (unpaired) electrons. The minimum absolute atomic E-state index is 0.0239. The Morgan fingerprint density at radius 3 is 1.09 bits per heavy atom. The lowest BCUT2D eigenvalue weighted by Gasteiger charge is -2.43. The maximum Gasteiger partial charge on any atom is 0.252 e. The standard InChI is InChI=1S/C50H33BN6/c1-5-18-34(19-6-1)40-32-46(54-49(52-40)36-22-9-3-10-23-36)56-42-28-15-13-26-38(42)51-39-27-14-16-29-43(39)57(45-31-17-30-44(56)48(45)51)47-33-41(35-20-7-2-8-21-35)53-50(55-47)37-24-11-4-12-25-37/h1-33H. The quantitative estimate of drug-likeness (QED) is 0.159. The first-order valence-electron chi connectivity index (χ1n) is 19.2. The van der Waals surface area contributed by atoms with Crippen molar-refractivity contribution in [2.24, 2.45) is 0 Å². The van der Waals surface area contributed by atoms with E-state index in [0.717, 1.165) is 68.0 Å². The maximum absolute atomic E-state index is 5.34. The fourth-order valence-electron chi connectivity index (χ4n) is 8.37. The molecule has 0 aliphatic carbocycles. The van der Waals surface area contributed by atoms with E-state index in [4.69, 9.17) is 19.9 Å². The van der Waals surface area contributed by atoms with Crippen LogP contribution in [0.2, 0.25) is 0 Å². The first-order chi connectivity index (χ1) is 28.3. The summed E-state index contributed by atoms with van der Waals surface area (Å²) in [5.41, 5.74) is 13.6. The molecule has 6 nitrogen and oxygen atoms in total. The molecule has 2 aliphatic heterocycles. The van der Waals surface area contributed by atoms with Gasteiger partial charge in [0.2, 0.25) is 0 Å². The van der Waals surface area contributed by atoms with Gasteiger partial charge in [-0.2, -0.15) is 0 Å². The number of fused-ring (bicyclic) bond motifs is 4. The SMILES string of the molecule is c1ccc(-c2cc(N3c4ccccc4B4c5ccccc5N(c5cc(-c6ccccc6)nc(-c6ccccc6)n5)c5cccc3c54)nc(-c3ccccc3)n2)cc1. The van der Waals surface area contributed by atoms with E-state index in [2.05, 4.69) is 161 Å². The van der Waals surface area contributed by atoms with Gasteiger partial charge in [0.25, 0.3) is 6.71 Å². The summed E-state index contributed by atoms with van der Waals surface area (Å²) in [4.78, 5) is 25.6. The van der Waals surface area contributed by atoms with Crippen LogP contribution < -0.4 is 26.2 Å². The molecule has 0 saturated heterocycles. The molecular weight excluding hydrogens is 695 g/mol. The van der Waals surface area contributed by atoms with E-state index in [-0.39, 0.29) is 6.71 Å². The molecule has 9 aromatic rings. The van der Waals surface area contributed by atoms with Crippen LogP contribution in [0.15, 0.2) is 200 Å². The summed E-state index contributed by atoms with van der Waals surface area (Å²) in [6, 6.07) is 69.5. The highest BCUT2D eigenvalue weighted by molar-refractivity contribution is 7.00. The topological polar surface area (TPSA) is 58.0 Å². The normalized spacial score (nSPS) is 12.5. The number of benzene rings is 7. The number of rotatable bonds is 6. The number of hydrogen-bond donors (Lipinski definition) is 0. The summed E-state index contributed by atoms with van der Waals surface area (Å²) in [6.07, 6.45) is 0. The fraction of sp³-hybridized carbons (Fsp3) is 0. The van der Waals surface area contributed by atoms with Gasteiger partial charge in [0.1, 0.15) is 11.6 Å². The molecule has 0 fully saturated rings. The van der Waals surface area contributed by atoms with Crippen molar-refractivity contribution in [3.05, 3.63) is 200 Å². The second-order valence-corrected chi connectivity index (χ2v) is 14.3. The second kappa shape index (κ2) is 13.6. The molecule has 11 rings (SSSR count). The lowest BCUT2D eigenvalue weighted by atomic mass is 9.33. The Bertz CT molecular complexity index is 2610. The molecule has 4 heterocycles. The molecule has 0 spiro atoms. The van der Waals surface area contributed by atoms with Crippen molar-refractivity contribution in [2.45, 2.75) is 0 Å². The van der Waals surface area contributed by atoms with E-state index in [0.29, 0.717) is 11.6 Å². The highest BCUT2D eigenvalue weighted by Crippen LogP contribution is 2.44. The van der Waals surface area contributed by atoms with Crippen LogP contribution in [-0.4, -0.2) is 26.6 Å². The Labute approximate surface area is 331 Å². The van der Waals surface area contributed by atoms with Gasteiger partial charge in [-0.05, 0) is 40.7 Å². The largest absolute Gasteiger partial charge is 0.296 e. The average Bonchev–Trinajstić information content (AvgIpc) is 3.30.